The molecule has 0 amide bonds. The van der Waals surface area contributed by atoms with Gasteiger partial charge in [0.15, 0.2) is 0 Å². The van der Waals surface area contributed by atoms with Gasteiger partial charge in [-0.05, 0) is 37.2 Å². The summed E-state index contributed by atoms with van der Waals surface area (Å²) in [7, 11) is 2.02. The molecule has 2 fully saturated rings. The van der Waals surface area contributed by atoms with Gasteiger partial charge in [0.25, 0.3) is 0 Å². The van der Waals surface area contributed by atoms with E-state index in [2.05, 4.69) is 16.5 Å². The fraction of sp³-hybridized carbons (Fsp3) is 0.769. The molecule has 0 spiro atoms. The third-order valence-corrected chi connectivity index (χ3v) is 4.45. The Hall–Kier alpha value is -0.830. The van der Waals surface area contributed by atoms with E-state index >= 15 is 0 Å². The van der Waals surface area contributed by atoms with Gasteiger partial charge in [-0.15, -0.1) is 0 Å². The van der Waals surface area contributed by atoms with Gasteiger partial charge in [-0.1, -0.05) is 6.42 Å². The van der Waals surface area contributed by atoms with E-state index in [1.807, 2.05) is 17.9 Å². The summed E-state index contributed by atoms with van der Waals surface area (Å²) in [6, 6.07) is 2.93. The molecule has 0 radical (unpaired) electrons. The van der Waals surface area contributed by atoms with Crippen LogP contribution in [0.15, 0.2) is 12.3 Å². The molecule has 0 aromatic carbocycles. The van der Waals surface area contributed by atoms with E-state index in [-0.39, 0.29) is 0 Å². The van der Waals surface area contributed by atoms with E-state index in [1.54, 1.807) is 0 Å². The standard InChI is InChI=1S/C13H21N3/c1-16-12(5-7-15-16)4-6-14-13-9-10-2-3-11(13)8-10/h5,7,10-11,13-14H,2-4,6,8-9H2,1H3. The van der Waals surface area contributed by atoms with Crippen molar-refractivity contribution in [3.63, 3.8) is 0 Å². The summed E-state index contributed by atoms with van der Waals surface area (Å²) in [6.07, 6.45) is 8.86. The molecule has 3 rings (SSSR count). The molecule has 1 N–H and O–H groups in total. The molecule has 3 atom stereocenters. The molecular weight excluding hydrogens is 198 g/mol. The number of hydrogen-bond acceptors (Lipinski definition) is 2. The highest BCUT2D eigenvalue weighted by molar-refractivity contribution is 5.01. The maximum Gasteiger partial charge on any atom is 0.0492 e. The van der Waals surface area contributed by atoms with Crippen molar-refractivity contribution in [3.8, 4) is 0 Å². The van der Waals surface area contributed by atoms with Gasteiger partial charge in [-0.2, -0.15) is 5.10 Å². The van der Waals surface area contributed by atoms with Crippen LogP contribution in [-0.4, -0.2) is 22.4 Å². The van der Waals surface area contributed by atoms with Crippen LogP contribution < -0.4 is 5.32 Å². The van der Waals surface area contributed by atoms with E-state index in [4.69, 9.17) is 0 Å². The van der Waals surface area contributed by atoms with Crippen molar-refractivity contribution in [2.45, 2.75) is 38.1 Å². The van der Waals surface area contributed by atoms with Crippen molar-refractivity contribution in [1.29, 1.82) is 0 Å². The summed E-state index contributed by atoms with van der Waals surface area (Å²) in [5, 5.41) is 7.93. The molecular formula is C13H21N3. The van der Waals surface area contributed by atoms with Gasteiger partial charge >= 0.3 is 0 Å². The van der Waals surface area contributed by atoms with E-state index < -0.39 is 0 Å². The van der Waals surface area contributed by atoms with Crippen molar-refractivity contribution in [2.24, 2.45) is 18.9 Å². The Morgan fingerprint density at radius 2 is 2.38 bits per heavy atom. The summed E-state index contributed by atoms with van der Waals surface area (Å²) >= 11 is 0. The minimum absolute atomic E-state index is 0.812. The molecule has 1 aromatic heterocycles. The molecule has 1 heterocycles. The lowest BCUT2D eigenvalue weighted by atomic mass is 9.95. The number of nitrogens with one attached hydrogen (secondary N) is 1. The van der Waals surface area contributed by atoms with E-state index in [9.17, 15) is 0 Å². The van der Waals surface area contributed by atoms with Gasteiger partial charge < -0.3 is 5.32 Å². The van der Waals surface area contributed by atoms with Gasteiger partial charge in [0.05, 0.1) is 0 Å². The molecule has 2 saturated carbocycles. The van der Waals surface area contributed by atoms with Crippen molar-refractivity contribution >= 4 is 0 Å². The Kier molecular flexibility index (Phi) is 2.72. The second kappa shape index (κ2) is 4.21. The molecule has 2 aliphatic rings. The highest BCUT2D eigenvalue weighted by Crippen LogP contribution is 2.44. The van der Waals surface area contributed by atoms with Crippen LogP contribution in [0.1, 0.15) is 31.4 Å². The Bertz CT molecular complexity index is 358. The summed E-state index contributed by atoms with van der Waals surface area (Å²) in [5.74, 6) is 2.02. The third-order valence-electron chi connectivity index (χ3n) is 4.45. The molecule has 3 unspecified atom stereocenters. The first-order valence-electron chi connectivity index (χ1n) is 6.53. The van der Waals surface area contributed by atoms with Crippen molar-refractivity contribution in [3.05, 3.63) is 18.0 Å². The summed E-state index contributed by atoms with van der Waals surface area (Å²) in [4.78, 5) is 0. The lowest BCUT2D eigenvalue weighted by Crippen LogP contribution is -2.35. The van der Waals surface area contributed by atoms with Crippen molar-refractivity contribution < 1.29 is 0 Å². The maximum atomic E-state index is 4.19. The smallest absolute Gasteiger partial charge is 0.0492 e. The zero-order valence-corrected chi connectivity index (χ0v) is 10.0. The normalized spacial score (nSPS) is 32.4. The molecule has 0 aliphatic heterocycles. The van der Waals surface area contributed by atoms with Crippen LogP contribution in [0.25, 0.3) is 0 Å². The Labute approximate surface area is 97.2 Å². The molecule has 88 valence electrons. The Morgan fingerprint density at radius 3 is 3.00 bits per heavy atom. The molecule has 1 aromatic rings. The number of hydrogen-bond donors (Lipinski definition) is 1. The first-order chi connectivity index (χ1) is 7.83. The fourth-order valence-electron chi connectivity index (χ4n) is 3.53. The quantitative estimate of drug-likeness (QED) is 0.836. The monoisotopic (exact) mass is 219 g/mol. The summed E-state index contributed by atoms with van der Waals surface area (Å²) in [6.45, 7) is 1.10. The Morgan fingerprint density at radius 1 is 1.44 bits per heavy atom. The minimum Gasteiger partial charge on any atom is -0.313 e. The van der Waals surface area contributed by atoms with Crippen LogP contribution in [0.4, 0.5) is 0 Å². The lowest BCUT2D eigenvalue weighted by Gasteiger charge is -2.22. The second-order valence-electron chi connectivity index (χ2n) is 5.43. The van der Waals surface area contributed by atoms with Crippen molar-refractivity contribution in [2.75, 3.05) is 6.54 Å². The Balaban J connectivity index is 1.46. The van der Waals surface area contributed by atoms with Crippen LogP contribution in [0.5, 0.6) is 0 Å². The van der Waals surface area contributed by atoms with Crippen LogP contribution in [0.3, 0.4) is 0 Å². The molecule has 16 heavy (non-hydrogen) atoms. The third kappa shape index (κ3) is 1.88. The first kappa shape index (κ1) is 10.3. The number of aryl methyl sites for hydroxylation is 1. The first-order valence-corrected chi connectivity index (χ1v) is 6.53. The summed E-state index contributed by atoms with van der Waals surface area (Å²) < 4.78 is 1.97. The van der Waals surface area contributed by atoms with Gasteiger partial charge in [0, 0.05) is 37.9 Å². The summed E-state index contributed by atoms with van der Waals surface area (Å²) in [5.41, 5.74) is 1.33. The average Bonchev–Trinajstić information content (AvgIpc) is 2.96. The second-order valence-corrected chi connectivity index (χ2v) is 5.43. The number of nitrogens with zero attached hydrogens (tertiary/aromatic N) is 2. The largest absolute Gasteiger partial charge is 0.313 e. The number of fused-ring (bicyclic) bond motifs is 2. The minimum atomic E-state index is 0.812. The van der Waals surface area contributed by atoms with Crippen LogP contribution >= 0.6 is 0 Å². The topological polar surface area (TPSA) is 29.9 Å². The predicted molar refractivity (Wildman–Crippen MR) is 64.2 cm³/mol. The zero-order valence-electron chi connectivity index (χ0n) is 10.0. The lowest BCUT2D eigenvalue weighted by molar-refractivity contribution is 0.353. The van der Waals surface area contributed by atoms with Gasteiger partial charge in [-0.3, -0.25) is 4.68 Å². The van der Waals surface area contributed by atoms with Crippen molar-refractivity contribution in [1.82, 2.24) is 15.1 Å². The number of aromatic nitrogens is 2. The average molecular weight is 219 g/mol. The molecule has 3 heteroatoms. The van der Waals surface area contributed by atoms with E-state index in [0.29, 0.717) is 0 Å². The van der Waals surface area contributed by atoms with Gasteiger partial charge in [0.2, 0.25) is 0 Å². The van der Waals surface area contributed by atoms with Crippen LogP contribution in [0.2, 0.25) is 0 Å². The highest BCUT2D eigenvalue weighted by atomic mass is 15.3. The van der Waals surface area contributed by atoms with Crippen LogP contribution in [-0.2, 0) is 13.5 Å². The maximum absolute atomic E-state index is 4.19. The molecule has 2 bridgehead atoms. The fourth-order valence-corrected chi connectivity index (χ4v) is 3.53. The molecule has 2 aliphatic carbocycles. The molecule has 0 saturated heterocycles. The van der Waals surface area contributed by atoms with Crippen LogP contribution in [0, 0.1) is 11.8 Å². The predicted octanol–water partition coefficient (Wildman–Crippen LogP) is 1.74. The van der Waals surface area contributed by atoms with Gasteiger partial charge in [0.1, 0.15) is 0 Å². The zero-order chi connectivity index (χ0) is 11.0. The highest BCUT2D eigenvalue weighted by Gasteiger charge is 2.38. The number of rotatable bonds is 4. The van der Waals surface area contributed by atoms with E-state index in [0.717, 1.165) is 30.8 Å². The van der Waals surface area contributed by atoms with Gasteiger partial charge in [-0.25, -0.2) is 0 Å². The SMILES string of the molecule is Cn1nccc1CCNC1CC2CCC1C2. The molecule has 3 nitrogen and oxygen atoms in total. The van der Waals surface area contributed by atoms with E-state index in [1.165, 1.54) is 31.4 Å².